The Kier molecular flexibility index (Phi) is 2.83. The van der Waals surface area contributed by atoms with Gasteiger partial charge in [-0.1, -0.05) is 12.1 Å². The van der Waals surface area contributed by atoms with Gasteiger partial charge in [0.15, 0.2) is 0 Å². The van der Waals surface area contributed by atoms with Crippen LogP contribution in [0.2, 0.25) is 0 Å². The van der Waals surface area contributed by atoms with Crippen LogP contribution in [-0.4, -0.2) is 16.8 Å². The van der Waals surface area contributed by atoms with Gasteiger partial charge in [0.05, 0.1) is 11.9 Å². The molecule has 0 radical (unpaired) electrons. The van der Waals surface area contributed by atoms with Crippen LogP contribution in [0.25, 0.3) is 5.69 Å². The van der Waals surface area contributed by atoms with Gasteiger partial charge in [-0.3, -0.25) is 0 Å². The third kappa shape index (κ3) is 2.25. The Labute approximate surface area is 89.7 Å². The van der Waals surface area contributed by atoms with Crippen LogP contribution in [0, 0.1) is 6.92 Å². The van der Waals surface area contributed by atoms with Gasteiger partial charge in [-0.2, -0.15) is 5.10 Å². The van der Waals surface area contributed by atoms with E-state index in [4.69, 9.17) is 0 Å². The monoisotopic (exact) mass is 201 g/mol. The lowest BCUT2D eigenvalue weighted by atomic mass is 10.2. The first kappa shape index (κ1) is 9.93. The summed E-state index contributed by atoms with van der Waals surface area (Å²) in [7, 11) is 1.95. The summed E-state index contributed by atoms with van der Waals surface area (Å²) in [5.41, 5.74) is 3.56. The molecule has 78 valence electrons. The van der Waals surface area contributed by atoms with Crippen molar-refractivity contribution in [1.82, 2.24) is 15.1 Å². The maximum Gasteiger partial charge on any atom is 0.0645 e. The zero-order chi connectivity index (χ0) is 10.7. The SMILES string of the molecule is CNCc1ccc(-n2cc(C)cn2)cc1. The lowest BCUT2D eigenvalue weighted by Crippen LogP contribution is -2.05. The van der Waals surface area contributed by atoms with Gasteiger partial charge in [0, 0.05) is 12.7 Å². The summed E-state index contributed by atoms with van der Waals surface area (Å²) in [6, 6.07) is 8.39. The van der Waals surface area contributed by atoms with E-state index in [1.807, 2.05) is 31.0 Å². The Bertz CT molecular complexity index is 428. The zero-order valence-electron chi connectivity index (χ0n) is 9.07. The van der Waals surface area contributed by atoms with Crippen molar-refractivity contribution in [2.75, 3.05) is 7.05 Å². The van der Waals surface area contributed by atoms with Gasteiger partial charge in [0.25, 0.3) is 0 Å². The first-order valence-corrected chi connectivity index (χ1v) is 5.05. The molecule has 0 fully saturated rings. The van der Waals surface area contributed by atoms with Gasteiger partial charge >= 0.3 is 0 Å². The van der Waals surface area contributed by atoms with Gasteiger partial charge < -0.3 is 5.32 Å². The molecule has 3 heteroatoms. The zero-order valence-corrected chi connectivity index (χ0v) is 9.07. The highest BCUT2D eigenvalue weighted by Gasteiger charge is 1.97. The molecular formula is C12H15N3. The van der Waals surface area contributed by atoms with Gasteiger partial charge in [-0.25, -0.2) is 4.68 Å². The van der Waals surface area contributed by atoms with Crippen LogP contribution in [0.3, 0.4) is 0 Å². The second-order valence-corrected chi connectivity index (χ2v) is 3.66. The molecule has 0 aliphatic heterocycles. The van der Waals surface area contributed by atoms with Crippen molar-refractivity contribution in [2.24, 2.45) is 0 Å². The number of aryl methyl sites for hydroxylation is 1. The van der Waals surface area contributed by atoms with Gasteiger partial charge in [-0.05, 0) is 37.2 Å². The third-order valence-corrected chi connectivity index (χ3v) is 2.29. The molecule has 1 heterocycles. The molecule has 1 aromatic carbocycles. The van der Waals surface area contributed by atoms with Gasteiger partial charge in [0.2, 0.25) is 0 Å². The molecule has 0 aliphatic carbocycles. The first-order chi connectivity index (χ1) is 7.29. The summed E-state index contributed by atoms with van der Waals surface area (Å²) in [6.07, 6.45) is 3.88. The maximum atomic E-state index is 4.26. The molecule has 15 heavy (non-hydrogen) atoms. The largest absolute Gasteiger partial charge is 0.316 e. The quantitative estimate of drug-likeness (QED) is 0.822. The van der Waals surface area contributed by atoms with Crippen molar-refractivity contribution in [3.05, 3.63) is 47.8 Å². The van der Waals surface area contributed by atoms with Crippen molar-refractivity contribution in [3.8, 4) is 5.69 Å². The highest BCUT2D eigenvalue weighted by Crippen LogP contribution is 2.09. The van der Waals surface area contributed by atoms with Crippen LogP contribution in [0.4, 0.5) is 0 Å². The van der Waals surface area contributed by atoms with E-state index in [0.29, 0.717) is 0 Å². The number of hydrogen-bond acceptors (Lipinski definition) is 2. The van der Waals surface area contributed by atoms with E-state index in [1.165, 1.54) is 11.1 Å². The minimum absolute atomic E-state index is 0.901. The minimum atomic E-state index is 0.901. The number of benzene rings is 1. The normalized spacial score (nSPS) is 10.5. The van der Waals surface area contributed by atoms with Crippen LogP contribution in [-0.2, 0) is 6.54 Å². The Balaban J connectivity index is 2.23. The van der Waals surface area contributed by atoms with E-state index in [2.05, 4.69) is 34.7 Å². The Hall–Kier alpha value is -1.61. The predicted octanol–water partition coefficient (Wildman–Crippen LogP) is 1.90. The molecule has 0 unspecified atom stereocenters. The molecular weight excluding hydrogens is 186 g/mol. The molecule has 0 aliphatic rings. The summed E-state index contributed by atoms with van der Waals surface area (Å²) in [4.78, 5) is 0. The highest BCUT2D eigenvalue weighted by molar-refractivity contribution is 5.34. The smallest absolute Gasteiger partial charge is 0.0645 e. The highest BCUT2D eigenvalue weighted by atomic mass is 15.3. The molecule has 0 bridgehead atoms. The Morgan fingerprint density at radius 1 is 1.27 bits per heavy atom. The lowest BCUT2D eigenvalue weighted by Gasteiger charge is -2.03. The lowest BCUT2D eigenvalue weighted by molar-refractivity contribution is 0.815. The molecule has 0 atom stereocenters. The Morgan fingerprint density at radius 2 is 2.00 bits per heavy atom. The van der Waals surface area contributed by atoms with Crippen molar-refractivity contribution in [3.63, 3.8) is 0 Å². The second-order valence-electron chi connectivity index (χ2n) is 3.66. The van der Waals surface area contributed by atoms with Crippen molar-refractivity contribution in [1.29, 1.82) is 0 Å². The molecule has 0 spiro atoms. The second kappa shape index (κ2) is 4.28. The fourth-order valence-corrected chi connectivity index (χ4v) is 1.52. The average Bonchev–Trinajstić information content (AvgIpc) is 2.67. The topological polar surface area (TPSA) is 29.9 Å². The number of aromatic nitrogens is 2. The fraction of sp³-hybridized carbons (Fsp3) is 0.250. The number of nitrogens with one attached hydrogen (secondary N) is 1. The number of hydrogen-bond donors (Lipinski definition) is 1. The molecule has 0 saturated carbocycles. The molecule has 1 aromatic heterocycles. The summed E-state index contributed by atoms with van der Waals surface area (Å²) >= 11 is 0. The summed E-state index contributed by atoms with van der Waals surface area (Å²) in [6.45, 7) is 2.94. The van der Waals surface area contributed by atoms with E-state index in [1.54, 1.807) is 0 Å². The molecule has 0 amide bonds. The predicted molar refractivity (Wildman–Crippen MR) is 61.1 cm³/mol. The molecule has 0 saturated heterocycles. The van der Waals surface area contributed by atoms with Gasteiger partial charge in [-0.15, -0.1) is 0 Å². The van der Waals surface area contributed by atoms with Crippen LogP contribution in [0.1, 0.15) is 11.1 Å². The molecule has 1 N–H and O–H groups in total. The molecule has 3 nitrogen and oxygen atoms in total. The third-order valence-electron chi connectivity index (χ3n) is 2.29. The fourth-order valence-electron chi connectivity index (χ4n) is 1.52. The minimum Gasteiger partial charge on any atom is -0.316 e. The van der Waals surface area contributed by atoms with Crippen LogP contribution < -0.4 is 5.32 Å². The summed E-state index contributed by atoms with van der Waals surface area (Å²) in [5.74, 6) is 0. The average molecular weight is 201 g/mol. The Morgan fingerprint density at radius 3 is 2.53 bits per heavy atom. The molecule has 2 rings (SSSR count). The van der Waals surface area contributed by atoms with E-state index in [0.717, 1.165) is 12.2 Å². The number of rotatable bonds is 3. The number of nitrogens with zero attached hydrogens (tertiary/aromatic N) is 2. The standard InChI is InChI=1S/C12H15N3/c1-10-7-14-15(9-10)12-5-3-11(4-6-12)8-13-2/h3-7,9,13H,8H2,1-2H3. The van der Waals surface area contributed by atoms with Crippen LogP contribution in [0.5, 0.6) is 0 Å². The van der Waals surface area contributed by atoms with E-state index >= 15 is 0 Å². The maximum absolute atomic E-state index is 4.26. The molecule has 2 aromatic rings. The van der Waals surface area contributed by atoms with Crippen molar-refractivity contribution in [2.45, 2.75) is 13.5 Å². The summed E-state index contributed by atoms with van der Waals surface area (Å²) < 4.78 is 1.89. The van der Waals surface area contributed by atoms with Gasteiger partial charge in [0.1, 0.15) is 0 Å². The van der Waals surface area contributed by atoms with E-state index in [9.17, 15) is 0 Å². The van der Waals surface area contributed by atoms with Crippen molar-refractivity contribution < 1.29 is 0 Å². The van der Waals surface area contributed by atoms with E-state index < -0.39 is 0 Å². The first-order valence-electron chi connectivity index (χ1n) is 5.05. The van der Waals surface area contributed by atoms with Crippen molar-refractivity contribution >= 4 is 0 Å². The van der Waals surface area contributed by atoms with Crippen LogP contribution >= 0.6 is 0 Å². The van der Waals surface area contributed by atoms with Crippen LogP contribution in [0.15, 0.2) is 36.7 Å². The summed E-state index contributed by atoms with van der Waals surface area (Å²) in [5, 5.41) is 7.39. The van der Waals surface area contributed by atoms with E-state index in [-0.39, 0.29) is 0 Å².